The highest BCUT2D eigenvalue weighted by Gasteiger charge is 2.33. The molecule has 0 radical (unpaired) electrons. The van der Waals surface area contributed by atoms with Crippen LogP contribution in [0, 0.1) is 0 Å². The fourth-order valence-electron chi connectivity index (χ4n) is 4.48. The number of allylic oxidation sites excluding steroid dienone is 1. The van der Waals surface area contributed by atoms with Gasteiger partial charge in [0.15, 0.2) is 4.80 Å². The Morgan fingerprint density at radius 2 is 1.87 bits per heavy atom. The molecule has 5 rings (SSSR count). The van der Waals surface area contributed by atoms with Crippen molar-refractivity contribution in [3.8, 4) is 17.1 Å². The van der Waals surface area contributed by atoms with Crippen LogP contribution in [0.25, 0.3) is 17.4 Å². The predicted molar refractivity (Wildman–Crippen MR) is 144 cm³/mol. The number of furan rings is 1. The van der Waals surface area contributed by atoms with Gasteiger partial charge in [0, 0.05) is 11.6 Å². The number of benzene rings is 2. The average Bonchev–Trinajstić information content (AvgIpc) is 3.52. The SMILES string of the molecule is CCOC(=O)C1=C(C)N=c2s/c(=C\c3ccc(-c4ccccc4C(=O)O)o3)c(=O)n2C1c1ccc(OC)cc1. The van der Waals surface area contributed by atoms with Crippen LogP contribution in [0.5, 0.6) is 5.75 Å². The van der Waals surface area contributed by atoms with Crippen molar-refractivity contribution in [3.05, 3.63) is 109 Å². The van der Waals surface area contributed by atoms with Gasteiger partial charge in [-0.3, -0.25) is 9.36 Å². The quantitative estimate of drug-likeness (QED) is 0.352. The van der Waals surface area contributed by atoms with E-state index in [2.05, 4.69) is 4.99 Å². The Hall–Kier alpha value is -4.70. The Balaban J connectivity index is 1.63. The zero-order chi connectivity index (χ0) is 27.7. The first-order valence-electron chi connectivity index (χ1n) is 12.1. The zero-order valence-electron chi connectivity index (χ0n) is 21.3. The van der Waals surface area contributed by atoms with Crippen molar-refractivity contribution in [3.63, 3.8) is 0 Å². The molecular formula is C29H24N2O7S. The molecule has 1 atom stereocenters. The number of thiazole rings is 1. The third kappa shape index (κ3) is 4.82. The van der Waals surface area contributed by atoms with Crippen molar-refractivity contribution in [1.82, 2.24) is 4.57 Å². The molecule has 1 aliphatic heterocycles. The maximum absolute atomic E-state index is 13.7. The number of rotatable bonds is 7. The molecule has 39 heavy (non-hydrogen) atoms. The molecule has 0 amide bonds. The summed E-state index contributed by atoms with van der Waals surface area (Å²) in [7, 11) is 1.56. The van der Waals surface area contributed by atoms with E-state index in [1.807, 2.05) is 0 Å². The van der Waals surface area contributed by atoms with Gasteiger partial charge in [-0.2, -0.15) is 0 Å². The number of aromatic nitrogens is 1. The van der Waals surface area contributed by atoms with Crippen LogP contribution in [0.4, 0.5) is 0 Å². The lowest BCUT2D eigenvalue weighted by Crippen LogP contribution is -2.39. The molecule has 0 fully saturated rings. The van der Waals surface area contributed by atoms with Gasteiger partial charge in [0.2, 0.25) is 0 Å². The van der Waals surface area contributed by atoms with Gasteiger partial charge in [0.1, 0.15) is 17.3 Å². The van der Waals surface area contributed by atoms with Crippen LogP contribution >= 0.6 is 11.3 Å². The van der Waals surface area contributed by atoms with E-state index in [1.54, 1.807) is 81.6 Å². The summed E-state index contributed by atoms with van der Waals surface area (Å²) in [5.41, 5.74) is 1.64. The van der Waals surface area contributed by atoms with E-state index in [9.17, 15) is 19.5 Å². The second-order valence-corrected chi connectivity index (χ2v) is 9.64. The van der Waals surface area contributed by atoms with Gasteiger partial charge in [0.05, 0.1) is 41.1 Å². The van der Waals surface area contributed by atoms with Gasteiger partial charge in [0.25, 0.3) is 5.56 Å². The molecule has 9 nitrogen and oxygen atoms in total. The molecule has 3 heterocycles. The molecule has 0 aliphatic carbocycles. The molecular weight excluding hydrogens is 520 g/mol. The van der Waals surface area contributed by atoms with Crippen molar-refractivity contribution in [2.24, 2.45) is 4.99 Å². The van der Waals surface area contributed by atoms with Crippen molar-refractivity contribution < 1.29 is 28.6 Å². The van der Waals surface area contributed by atoms with E-state index in [0.29, 0.717) is 43.4 Å². The normalized spacial score (nSPS) is 15.1. The molecule has 198 valence electrons. The Bertz CT molecular complexity index is 1790. The third-order valence-corrected chi connectivity index (χ3v) is 7.25. The summed E-state index contributed by atoms with van der Waals surface area (Å²) < 4.78 is 18.3. The summed E-state index contributed by atoms with van der Waals surface area (Å²) in [6.45, 7) is 3.62. The van der Waals surface area contributed by atoms with Crippen LogP contribution in [-0.4, -0.2) is 35.3 Å². The van der Waals surface area contributed by atoms with Crippen LogP contribution in [-0.2, 0) is 9.53 Å². The van der Waals surface area contributed by atoms with Crippen molar-refractivity contribution in [2.45, 2.75) is 19.9 Å². The lowest BCUT2D eigenvalue weighted by Gasteiger charge is -2.24. The fourth-order valence-corrected chi connectivity index (χ4v) is 5.51. The Morgan fingerprint density at radius 3 is 2.56 bits per heavy atom. The maximum Gasteiger partial charge on any atom is 0.338 e. The Morgan fingerprint density at radius 1 is 1.13 bits per heavy atom. The summed E-state index contributed by atoms with van der Waals surface area (Å²) in [6.07, 6.45) is 1.59. The highest BCUT2D eigenvalue weighted by Crippen LogP contribution is 2.32. The van der Waals surface area contributed by atoms with Crippen LogP contribution in [0.15, 0.2) is 86.1 Å². The molecule has 0 bridgehead atoms. The smallest absolute Gasteiger partial charge is 0.338 e. The molecule has 1 N–H and O–H groups in total. The topological polar surface area (TPSA) is 120 Å². The number of ether oxygens (including phenoxy) is 2. The molecule has 0 spiro atoms. The van der Waals surface area contributed by atoms with Crippen LogP contribution < -0.4 is 19.6 Å². The molecule has 0 saturated carbocycles. The third-order valence-electron chi connectivity index (χ3n) is 6.27. The second-order valence-electron chi connectivity index (χ2n) is 8.63. The minimum absolute atomic E-state index is 0.110. The van der Waals surface area contributed by atoms with Crippen LogP contribution in [0.1, 0.15) is 41.6 Å². The number of aromatic carboxylic acids is 1. The lowest BCUT2D eigenvalue weighted by atomic mass is 9.96. The number of esters is 1. The number of carboxylic acids is 1. The number of hydrogen-bond donors (Lipinski definition) is 1. The average molecular weight is 545 g/mol. The zero-order valence-corrected chi connectivity index (χ0v) is 22.2. The summed E-state index contributed by atoms with van der Waals surface area (Å²) in [4.78, 5) is 43.4. The number of carboxylic acid groups (broad SMARTS) is 1. The van der Waals surface area contributed by atoms with Gasteiger partial charge in [-0.05, 0) is 49.7 Å². The highest BCUT2D eigenvalue weighted by molar-refractivity contribution is 7.07. The summed E-state index contributed by atoms with van der Waals surface area (Å²) in [5, 5.41) is 9.52. The number of hydrogen-bond acceptors (Lipinski definition) is 8. The minimum atomic E-state index is -1.07. The van der Waals surface area contributed by atoms with E-state index in [-0.39, 0.29) is 23.3 Å². The van der Waals surface area contributed by atoms with Gasteiger partial charge in [-0.1, -0.05) is 41.7 Å². The second kappa shape index (κ2) is 10.6. The van der Waals surface area contributed by atoms with Crippen LogP contribution in [0.2, 0.25) is 0 Å². The van der Waals surface area contributed by atoms with Gasteiger partial charge in [-0.15, -0.1) is 0 Å². The number of carbonyl (C=O) groups excluding carboxylic acids is 1. The largest absolute Gasteiger partial charge is 0.497 e. The number of fused-ring (bicyclic) bond motifs is 1. The summed E-state index contributed by atoms with van der Waals surface area (Å²) >= 11 is 1.17. The van der Waals surface area contributed by atoms with Gasteiger partial charge in [-0.25, -0.2) is 14.6 Å². The Kier molecular flexibility index (Phi) is 7.03. The summed E-state index contributed by atoms with van der Waals surface area (Å²) in [6, 6.07) is 16.3. The van der Waals surface area contributed by atoms with E-state index in [4.69, 9.17) is 13.9 Å². The maximum atomic E-state index is 13.7. The van der Waals surface area contributed by atoms with E-state index < -0.39 is 18.0 Å². The monoisotopic (exact) mass is 544 g/mol. The number of nitrogens with zero attached hydrogens (tertiary/aromatic N) is 2. The van der Waals surface area contributed by atoms with Crippen LogP contribution in [0.3, 0.4) is 0 Å². The molecule has 0 saturated heterocycles. The van der Waals surface area contributed by atoms with Crippen molar-refractivity contribution in [2.75, 3.05) is 13.7 Å². The summed E-state index contributed by atoms with van der Waals surface area (Å²) in [5.74, 6) is -0.228. The molecule has 2 aromatic heterocycles. The first-order valence-corrected chi connectivity index (χ1v) is 12.9. The van der Waals surface area contributed by atoms with Gasteiger partial charge >= 0.3 is 11.9 Å². The van der Waals surface area contributed by atoms with E-state index in [0.717, 1.165) is 0 Å². The minimum Gasteiger partial charge on any atom is -0.497 e. The molecule has 2 aromatic carbocycles. The Labute approximate surface area is 226 Å². The van der Waals surface area contributed by atoms with Gasteiger partial charge < -0.3 is 19.0 Å². The predicted octanol–water partition coefficient (Wildman–Crippen LogP) is 3.77. The first kappa shape index (κ1) is 25.9. The molecule has 1 unspecified atom stereocenters. The standard InChI is InChI=1S/C29H24N2O7S/c1-4-37-28(35)24-16(2)30-29-31(25(24)17-9-11-18(36-3)12-10-17)26(32)23(39-29)15-19-13-14-22(38-19)20-7-5-6-8-21(20)27(33)34/h5-15,25H,4H2,1-3H3,(H,33,34)/b23-15-. The van der Waals surface area contributed by atoms with E-state index in [1.165, 1.54) is 22.0 Å². The number of carbonyl (C=O) groups is 2. The first-order chi connectivity index (χ1) is 18.8. The van der Waals surface area contributed by atoms with Crippen molar-refractivity contribution in [1.29, 1.82) is 0 Å². The highest BCUT2D eigenvalue weighted by atomic mass is 32.1. The lowest BCUT2D eigenvalue weighted by molar-refractivity contribution is -0.139. The molecule has 1 aliphatic rings. The molecule has 4 aromatic rings. The number of methoxy groups -OCH3 is 1. The van der Waals surface area contributed by atoms with Crippen molar-refractivity contribution >= 4 is 29.4 Å². The van der Waals surface area contributed by atoms with E-state index >= 15 is 0 Å². The fraction of sp³-hybridized carbons (Fsp3) is 0.172. The molecule has 10 heteroatoms.